The average Bonchev–Trinajstić information content (AvgIpc) is 0.800. The van der Waals surface area contributed by atoms with Crippen molar-refractivity contribution >= 4 is 0 Å². The molecule has 0 aliphatic carbocycles. The predicted octanol–water partition coefficient (Wildman–Crippen LogP) is 15.8. The second-order valence-electron chi connectivity index (χ2n) is 21.2. The summed E-state index contributed by atoms with van der Waals surface area (Å²) < 4.78 is 170. The Hall–Kier alpha value is -6.52. The molecule has 0 unspecified atom stereocenters. The van der Waals surface area contributed by atoms with Gasteiger partial charge in [-0.2, -0.15) is 0 Å². The Balaban J connectivity index is 0.000000232. The first-order chi connectivity index (χ1) is 43.5. The summed E-state index contributed by atoms with van der Waals surface area (Å²) >= 11 is 0. The molecule has 4 nitrogen and oxygen atoms in total. The van der Waals surface area contributed by atoms with Crippen LogP contribution in [0.5, 0.6) is 0 Å². The number of aromatic nitrogens is 4. The van der Waals surface area contributed by atoms with Crippen molar-refractivity contribution in [3.63, 3.8) is 0 Å². The van der Waals surface area contributed by atoms with Gasteiger partial charge in [-0.15, -0.1) is 0 Å². The lowest BCUT2D eigenvalue weighted by Gasteiger charge is -2.18. The minimum Gasteiger partial charge on any atom is -0.201 e. The van der Waals surface area contributed by atoms with Gasteiger partial charge in [0.25, 0.3) is 0 Å². The van der Waals surface area contributed by atoms with Gasteiger partial charge in [0, 0.05) is 98.1 Å². The monoisotopic (exact) mass is 1020 g/mol. The maximum atomic E-state index is 8.50. The zero-order valence-corrected chi connectivity index (χ0v) is 47.2. The van der Waals surface area contributed by atoms with Gasteiger partial charge in [0.2, 0.25) is 22.8 Å². The summed E-state index contributed by atoms with van der Waals surface area (Å²) in [5.74, 6) is -0.243. The van der Waals surface area contributed by atoms with Crippen molar-refractivity contribution in [2.75, 3.05) is 0 Å². The standard InChI is InChI=1S/C19H26N.2C18H24N.C16H20N/c1-14-7-8-17(15(2)11-14)18-12-16(9-10-20(18)6)13-19(3,4)5;2*1-13(2)10-16-7-9-18(19(5)12-16)17-8-6-14(3)11-15(17)4;1-11-6-7-16(17(5)10-11)15-9-13(3)12(2)8-14(15)4/h7-12H,13H2,1-6H3;2*6-9,11-13H,10H2,1-5H3;6-10H,1-5H3/q4*+1/i1D3,13D2;2*3D3,10D2;1D3,2D3. The van der Waals surface area contributed by atoms with Crippen LogP contribution in [0.3, 0.4) is 0 Å². The highest BCUT2D eigenvalue weighted by atomic mass is 14.9. The van der Waals surface area contributed by atoms with E-state index in [-0.39, 0.29) is 17.4 Å². The minimum atomic E-state index is -2.15. The third-order valence-corrected chi connectivity index (χ3v) is 12.3. The third kappa shape index (κ3) is 17.3. The Labute approximate surface area is 485 Å². The molecule has 0 fully saturated rings. The zero-order valence-electron chi connectivity index (χ0n) is 68.2. The van der Waals surface area contributed by atoms with E-state index < -0.39 is 58.8 Å². The molecule has 0 aliphatic heterocycles. The van der Waals surface area contributed by atoms with Crippen LogP contribution in [0.25, 0.3) is 45.0 Å². The van der Waals surface area contributed by atoms with Crippen molar-refractivity contribution in [3.05, 3.63) is 212 Å². The van der Waals surface area contributed by atoms with Crippen LogP contribution in [0.1, 0.15) is 150 Å². The first-order valence-corrected chi connectivity index (χ1v) is 25.5. The summed E-state index contributed by atoms with van der Waals surface area (Å²) in [7, 11) is 7.46. The second kappa shape index (κ2) is 26.3. The van der Waals surface area contributed by atoms with E-state index in [4.69, 9.17) is 28.8 Å². The number of hydrogen-bond acceptors (Lipinski definition) is 0. The number of benzene rings is 4. The first kappa shape index (κ1) is 35.7. The van der Waals surface area contributed by atoms with Gasteiger partial charge in [0.1, 0.15) is 28.2 Å². The third-order valence-electron chi connectivity index (χ3n) is 12.3. The molecular weight excluding hydrogens is 909 g/mol. The highest BCUT2D eigenvalue weighted by molar-refractivity contribution is 5.65. The number of hydrogen-bond donors (Lipinski definition) is 0. The van der Waals surface area contributed by atoms with Gasteiger partial charge in [-0.1, -0.05) is 108 Å². The number of rotatable bonds is 9. The van der Waals surface area contributed by atoms with Gasteiger partial charge in [0.05, 0.1) is 0 Å². The summed E-state index contributed by atoms with van der Waals surface area (Å²) in [6.45, 7) is 11.8. The van der Waals surface area contributed by atoms with Crippen LogP contribution in [-0.2, 0) is 47.3 Å². The smallest absolute Gasteiger partial charge is 0.201 e. The highest BCUT2D eigenvalue weighted by Crippen LogP contribution is 2.28. The molecule has 0 bridgehead atoms. The van der Waals surface area contributed by atoms with Crippen LogP contribution in [0.4, 0.5) is 0 Å². The summed E-state index contributed by atoms with van der Waals surface area (Å²) in [4.78, 5) is 0. The number of pyridine rings is 4. The van der Waals surface area contributed by atoms with Crippen LogP contribution >= 0.6 is 0 Å². The van der Waals surface area contributed by atoms with Gasteiger partial charge in [0.15, 0.2) is 24.8 Å². The largest absolute Gasteiger partial charge is 0.212 e. The SMILES string of the molecule is [2H]C([2H])([2H])c1ccc(-c2cc(C([2H])([2H])C(C)(C)C)cc[n+]2C)c(C)c1.[2H]C([2H])([2H])c1ccc(-c2cc(C)c(C([2H])([2H])[2H])cc2C)[n+](C)c1.[2H]C([2H])([2H])c1ccc(-c2ccc(C([2H])([2H])C(C)C)c[n+]2C)c(C)c1.[2H]C([2H])([2H])c1ccc(-c2ccc(C([2H])([2H])C(C)C)c[n+]2C)c(C)c1. The maximum Gasteiger partial charge on any atom is 0.212 e. The first-order valence-electron chi connectivity index (χ1n) is 36.0. The fourth-order valence-electron chi connectivity index (χ4n) is 8.79. The van der Waals surface area contributed by atoms with Crippen molar-refractivity contribution in [2.24, 2.45) is 45.4 Å². The van der Waals surface area contributed by atoms with Crippen LogP contribution in [-0.4, -0.2) is 0 Å². The fraction of sp³-hybridized carbons (Fsp3) is 0.380. The normalized spacial score (nSPS) is 16.7. The molecule has 394 valence electrons. The molecule has 4 aromatic carbocycles. The fourth-order valence-corrected chi connectivity index (χ4v) is 8.79. The van der Waals surface area contributed by atoms with E-state index in [0.29, 0.717) is 44.5 Å². The summed E-state index contributed by atoms with van der Waals surface area (Å²) in [5.41, 5.74) is 14.4. The van der Waals surface area contributed by atoms with E-state index in [1.165, 1.54) is 0 Å². The molecule has 8 aromatic rings. The topological polar surface area (TPSA) is 15.5 Å². The Morgan fingerprint density at radius 3 is 1.20 bits per heavy atom. The van der Waals surface area contributed by atoms with Gasteiger partial charge < -0.3 is 0 Å². The molecule has 0 N–H and O–H groups in total. The molecule has 75 heavy (non-hydrogen) atoms. The van der Waals surface area contributed by atoms with Crippen molar-refractivity contribution < 1.29 is 47.1 Å². The molecule has 0 aliphatic rings. The Morgan fingerprint density at radius 2 is 0.800 bits per heavy atom. The molecule has 0 saturated carbocycles. The van der Waals surface area contributed by atoms with E-state index in [0.717, 1.165) is 67.3 Å². The number of aryl methyl sites for hydroxylation is 14. The average molecular weight is 1020 g/mol. The molecule has 4 heterocycles. The molecule has 0 saturated heterocycles. The van der Waals surface area contributed by atoms with Crippen molar-refractivity contribution in [1.29, 1.82) is 0 Å². The quantitative estimate of drug-likeness (QED) is 0.128. The zero-order chi connectivity index (χ0) is 73.4. The second-order valence-corrected chi connectivity index (χ2v) is 21.2. The van der Waals surface area contributed by atoms with Gasteiger partial charge in [-0.3, -0.25) is 0 Å². The summed E-state index contributed by atoms with van der Waals surface area (Å²) in [6.07, 6.45) is 2.80. The van der Waals surface area contributed by atoms with Gasteiger partial charge >= 0.3 is 0 Å². The lowest BCUT2D eigenvalue weighted by molar-refractivity contribution is -0.661. The van der Waals surface area contributed by atoms with Crippen LogP contribution in [0.15, 0.2) is 140 Å². The highest BCUT2D eigenvalue weighted by Gasteiger charge is 2.19. The molecule has 4 aromatic heterocycles. The van der Waals surface area contributed by atoms with E-state index in [2.05, 4.69) is 0 Å². The Morgan fingerprint density at radius 1 is 0.387 bits per heavy atom. The predicted molar refractivity (Wildman–Crippen MR) is 320 cm³/mol. The maximum absolute atomic E-state index is 8.50. The molecule has 8 rings (SSSR count). The molecular formula is C71H94N4+4. The molecule has 4 heteroatoms. The number of nitrogens with zero attached hydrogens (tertiary/aromatic N) is 4. The van der Waals surface area contributed by atoms with Crippen LogP contribution in [0, 0.1) is 86.1 Å². The molecule has 0 radical (unpaired) electrons. The molecule has 0 spiro atoms. The molecule has 0 amide bonds. The van der Waals surface area contributed by atoms with Crippen molar-refractivity contribution in [1.82, 2.24) is 0 Å². The summed E-state index contributed by atoms with van der Waals surface area (Å²) in [6, 6.07) is 33.4. The van der Waals surface area contributed by atoms with E-state index in [1.54, 1.807) is 85.4 Å². The van der Waals surface area contributed by atoms with E-state index in [1.807, 2.05) is 184 Å². The van der Waals surface area contributed by atoms with Gasteiger partial charge in [-0.05, 0) is 187 Å². The minimum absolute atomic E-state index is 0.122. The Kier molecular flexibility index (Phi) is 12.5. The van der Waals surface area contributed by atoms with Crippen molar-refractivity contribution in [3.8, 4) is 45.0 Å². The summed E-state index contributed by atoms with van der Waals surface area (Å²) in [5, 5.41) is 0. The van der Waals surface area contributed by atoms with E-state index in [9.17, 15) is 0 Å². The van der Waals surface area contributed by atoms with E-state index >= 15 is 0 Å². The van der Waals surface area contributed by atoms with Crippen LogP contribution < -0.4 is 18.3 Å². The van der Waals surface area contributed by atoms with Crippen LogP contribution in [0.2, 0.25) is 0 Å². The van der Waals surface area contributed by atoms with Crippen molar-refractivity contribution in [2.45, 2.75) is 136 Å². The Bertz CT molecular complexity index is 3940. The lowest BCUT2D eigenvalue weighted by Crippen LogP contribution is -2.31. The lowest BCUT2D eigenvalue weighted by atomic mass is 9.88. The molecule has 0 atom stereocenters. The van der Waals surface area contributed by atoms with Gasteiger partial charge in [-0.25, -0.2) is 18.3 Å².